The quantitative estimate of drug-likeness (QED) is 0.701. The number of nitriles is 1. The highest BCUT2D eigenvalue weighted by molar-refractivity contribution is 5.40. The predicted molar refractivity (Wildman–Crippen MR) is 103 cm³/mol. The van der Waals surface area contributed by atoms with Crippen molar-refractivity contribution in [2.45, 2.75) is 38.1 Å². The van der Waals surface area contributed by atoms with Gasteiger partial charge in [-0.2, -0.15) is 5.26 Å². The van der Waals surface area contributed by atoms with Crippen LogP contribution in [0.25, 0.3) is 5.69 Å². The smallest absolute Gasteiger partial charge is 0.214 e. The van der Waals surface area contributed by atoms with Crippen molar-refractivity contribution in [1.29, 1.82) is 5.26 Å². The molecule has 1 aliphatic heterocycles. The van der Waals surface area contributed by atoms with Gasteiger partial charge in [-0.05, 0) is 37.1 Å². The second-order valence-corrected chi connectivity index (χ2v) is 7.02. The summed E-state index contributed by atoms with van der Waals surface area (Å²) in [6, 6.07) is 13.0. The molecule has 0 spiro atoms. The van der Waals surface area contributed by atoms with Crippen LogP contribution in [0.2, 0.25) is 0 Å². The van der Waals surface area contributed by atoms with E-state index in [1.807, 2.05) is 29.2 Å². The maximum atomic E-state index is 11.2. The molecule has 1 aliphatic rings. The average Bonchev–Trinajstić information content (AvgIpc) is 3.29. The summed E-state index contributed by atoms with van der Waals surface area (Å²) in [5.41, 5.74) is 1.88. The molecular formula is C20H21N7O2. The number of rotatable bonds is 5. The van der Waals surface area contributed by atoms with Crippen LogP contribution in [0.5, 0.6) is 5.88 Å². The number of likely N-dealkylation sites (tertiary alicyclic amines) is 1. The second-order valence-electron chi connectivity index (χ2n) is 7.02. The molecule has 0 bridgehead atoms. The van der Waals surface area contributed by atoms with Crippen molar-refractivity contribution in [1.82, 2.24) is 30.1 Å². The molecule has 148 valence electrons. The first kappa shape index (κ1) is 19.0. The molecule has 1 saturated heterocycles. The van der Waals surface area contributed by atoms with E-state index in [2.05, 4.69) is 33.4 Å². The Morgan fingerprint density at radius 3 is 2.93 bits per heavy atom. The van der Waals surface area contributed by atoms with Crippen LogP contribution in [-0.4, -0.2) is 53.9 Å². The summed E-state index contributed by atoms with van der Waals surface area (Å²) in [6.07, 6.45) is 3.64. The van der Waals surface area contributed by atoms with Gasteiger partial charge in [0, 0.05) is 30.4 Å². The van der Waals surface area contributed by atoms with Crippen molar-refractivity contribution in [3.63, 3.8) is 0 Å². The van der Waals surface area contributed by atoms with Crippen molar-refractivity contribution >= 4 is 0 Å². The van der Waals surface area contributed by atoms with E-state index >= 15 is 0 Å². The maximum absolute atomic E-state index is 11.2. The molecule has 1 aromatic carbocycles. The molecular weight excluding hydrogens is 370 g/mol. The molecule has 3 heterocycles. The number of hydrogen-bond donors (Lipinski definition) is 1. The molecule has 9 heteroatoms. The van der Waals surface area contributed by atoms with Crippen LogP contribution in [0.15, 0.2) is 48.9 Å². The standard InChI is InChI=1S/C20H21N7O2/c1-14-6-7-16(29-19-10-15(11-21)8-9-22-19)12-26(14)20(28)17-4-2-3-5-18(17)27-24-13-23-25-27/h2-5,8-10,13-14,16,20,28H,6-7,12H2,1H3/t14-,16-,20?/m1/s1. The molecule has 1 fully saturated rings. The lowest BCUT2D eigenvalue weighted by molar-refractivity contribution is -0.0670. The van der Waals surface area contributed by atoms with E-state index in [1.165, 1.54) is 11.1 Å². The Hall–Kier alpha value is -3.35. The number of para-hydroxylation sites is 1. The summed E-state index contributed by atoms with van der Waals surface area (Å²) in [4.78, 5) is 7.59. The second kappa shape index (κ2) is 8.34. The molecule has 4 rings (SSSR count). The number of ether oxygens (including phenoxy) is 1. The van der Waals surface area contributed by atoms with E-state index in [4.69, 9.17) is 10.00 Å². The average molecular weight is 391 g/mol. The Balaban J connectivity index is 1.54. The van der Waals surface area contributed by atoms with Gasteiger partial charge in [0.2, 0.25) is 5.88 Å². The summed E-state index contributed by atoms with van der Waals surface area (Å²) in [5, 5.41) is 32.0. The summed E-state index contributed by atoms with van der Waals surface area (Å²) < 4.78 is 6.01. The number of aliphatic hydroxyl groups excluding tert-OH is 1. The van der Waals surface area contributed by atoms with E-state index in [-0.39, 0.29) is 12.1 Å². The fourth-order valence-electron chi connectivity index (χ4n) is 3.59. The molecule has 1 unspecified atom stereocenters. The highest BCUT2D eigenvalue weighted by Crippen LogP contribution is 2.31. The number of aliphatic hydroxyl groups is 1. The number of pyridine rings is 1. The lowest BCUT2D eigenvalue weighted by Crippen LogP contribution is -2.48. The molecule has 0 aliphatic carbocycles. The number of tetrazole rings is 1. The summed E-state index contributed by atoms with van der Waals surface area (Å²) in [7, 11) is 0. The third-order valence-corrected chi connectivity index (χ3v) is 5.13. The van der Waals surface area contributed by atoms with Gasteiger partial charge in [0.1, 0.15) is 12.3 Å². The zero-order chi connectivity index (χ0) is 20.2. The van der Waals surface area contributed by atoms with E-state index < -0.39 is 6.23 Å². The van der Waals surface area contributed by atoms with Crippen LogP contribution >= 0.6 is 0 Å². The van der Waals surface area contributed by atoms with Crippen molar-refractivity contribution in [2.75, 3.05) is 6.54 Å². The minimum atomic E-state index is -0.850. The van der Waals surface area contributed by atoms with E-state index in [1.54, 1.807) is 18.3 Å². The van der Waals surface area contributed by atoms with Crippen molar-refractivity contribution < 1.29 is 9.84 Å². The van der Waals surface area contributed by atoms with Crippen molar-refractivity contribution in [3.05, 3.63) is 60.0 Å². The topological polar surface area (TPSA) is 113 Å². The van der Waals surface area contributed by atoms with Crippen molar-refractivity contribution in [3.8, 4) is 17.6 Å². The Labute approximate surface area is 168 Å². The van der Waals surface area contributed by atoms with E-state index in [9.17, 15) is 5.11 Å². The Bertz CT molecular complexity index is 1000. The maximum Gasteiger partial charge on any atom is 0.214 e. The molecule has 3 atom stereocenters. The molecule has 9 nitrogen and oxygen atoms in total. The molecule has 0 amide bonds. The molecule has 3 aromatic rings. The van der Waals surface area contributed by atoms with E-state index in [0.29, 0.717) is 29.2 Å². The minimum Gasteiger partial charge on any atom is -0.473 e. The molecule has 29 heavy (non-hydrogen) atoms. The number of piperidine rings is 1. The highest BCUT2D eigenvalue weighted by atomic mass is 16.5. The van der Waals surface area contributed by atoms with Gasteiger partial charge in [-0.25, -0.2) is 4.98 Å². The van der Waals surface area contributed by atoms with Gasteiger partial charge < -0.3 is 9.84 Å². The number of aromatic nitrogens is 5. The van der Waals surface area contributed by atoms with Gasteiger partial charge in [-0.15, -0.1) is 15.0 Å². The van der Waals surface area contributed by atoms with Gasteiger partial charge in [-0.3, -0.25) is 4.90 Å². The Morgan fingerprint density at radius 2 is 2.14 bits per heavy atom. The predicted octanol–water partition coefficient (Wildman–Crippen LogP) is 1.85. The largest absolute Gasteiger partial charge is 0.473 e. The lowest BCUT2D eigenvalue weighted by Gasteiger charge is -2.40. The first-order valence-corrected chi connectivity index (χ1v) is 9.44. The third-order valence-electron chi connectivity index (χ3n) is 5.13. The van der Waals surface area contributed by atoms with Gasteiger partial charge in [-0.1, -0.05) is 18.2 Å². The van der Waals surface area contributed by atoms with Crippen LogP contribution in [0.3, 0.4) is 0 Å². The number of nitrogens with zero attached hydrogens (tertiary/aromatic N) is 7. The first-order valence-electron chi connectivity index (χ1n) is 9.44. The van der Waals surface area contributed by atoms with Gasteiger partial charge >= 0.3 is 0 Å². The van der Waals surface area contributed by atoms with Gasteiger partial charge in [0.05, 0.1) is 17.3 Å². The molecule has 2 aromatic heterocycles. The van der Waals surface area contributed by atoms with E-state index in [0.717, 1.165) is 12.8 Å². The summed E-state index contributed by atoms with van der Waals surface area (Å²) in [5.74, 6) is 0.422. The molecule has 1 N–H and O–H groups in total. The van der Waals surface area contributed by atoms with Crippen LogP contribution in [0, 0.1) is 11.3 Å². The monoisotopic (exact) mass is 391 g/mol. The Morgan fingerprint density at radius 1 is 1.28 bits per heavy atom. The van der Waals surface area contributed by atoms with Crippen LogP contribution in [0.4, 0.5) is 0 Å². The Kier molecular flexibility index (Phi) is 5.46. The number of benzene rings is 1. The zero-order valence-corrected chi connectivity index (χ0v) is 16.0. The third kappa shape index (κ3) is 4.08. The zero-order valence-electron chi connectivity index (χ0n) is 16.0. The lowest BCUT2D eigenvalue weighted by atomic mass is 9.99. The van der Waals surface area contributed by atoms with Crippen LogP contribution in [0.1, 0.15) is 37.1 Å². The van der Waals surface area contributed by atoms with Crippen LogP contribution in [-0.2, 0) is 0 Å². The fourth-order valence-corrected chi connectivity index (χ4v) is 3.59. The molecule has 0 radical (unpaired) electrons. The fraction of sp³-hybridized carbons (Fsp3) is 0.350. The van der Waals surface area contributed by atoms with Crippen LogP contribution < -0.4 is 4.74 Å². The molecule has 0 saturated carbocycles. The van der Waals surface area contributed by atoms with Gasteiger partial charge in [0.15, 0.2) is 6.33 Å². The minimum absolute atomic E-state index is 0.140. The summed E-state index contributed by atoms with van der Waals surface area (Å²) in [6.45, 7) is 2.62. The number of hydrogen-bond acceptors (Lipinski definition) is 8. The van der Waals surface area contributed by atoms with Crippen molar-refractivity contribution in [2.24, 2.45) is 0 Å². The SMILES string of the molecule is C[C@@H]1CC[C@@H](Oc2cc(C#N)ccn2)CN1C(O)c1ccccc1-n1ncnn1. The normalized spacial score (nSPS) is 20.7. The van der Waals surface area contributed by atoms with Gasteiger partial charge in [0.25, 0.3) is 0 Å². The highest BCUT2D eigenvalue weighted by Gasteiger charge is 2.33. The summed E-state index contributed by atoms with van der Waals surface area (Å²) >= 11 is 0. The first-order chi connectivity index (χ1) is 14.2.